The number of furan rings is 1. The van der Waals surface area contributed by atoms with Crippen molar-refractivity contribution in [3.8, 4) is 22.3 Å². The molecular formula is C61H41NOS. The number of nitrogens with zero attached hydrogens (tertiary/aromatic N) is 1. The van der Waals surface area contributed by atoms with E-state index in [9.17, 15) is 0 Å². The fraction of sp³-hybridized carbons (Fsp3) is 0.0492. The molecular weight excluding hydrogens is 795 g/mol. The van der Waals surface area contributed by atoms with Gasteiger partial charge in [-0.3, -0.25) is 0 Å². The second kappa shape index (κ2) is 14.5. The first kappa shape index (κ1) is 37.0. The molecule has 11 aromatic rings. The molecule has 2 nitrogen and oxygen atoms in total. The molecule has 0 radical (unpaired) electrons. The highest BCUT2D eigenvalue weighted by Gasteiger charge is 2.43. The summed E-state index contributed by atoms with van der Waals surface area (Å²) in [5.74, 6) is 0. The summed E-state index contributed by atoms with van der Waals surface area (Å²) in [7, 11) is 0. The van der Waals surface area contributed by atoms with E-state index in [0.717, 1.165) is 39.0 Å². The van der Waals surface area contributed by atoms with Crippen LogP contribution >= 0.6 is 11.8 Å². The lowest BCUT2D eigenvalue weighted by Gasteiger charge is -2.31. The van der Waals surface area contributed by atoms with Crippen LogP contribution in [0.25, 0.3) is 82.1 Å². The molecule has 13 rings (SSSR count). The summed E-state index contributed by atoms with van der Waals surface area (Å²) >= 11 is 1.99. The van der Waals surface area contributed by atoms with Gasteiger partial charge < -0.3 is 9.32 Å². The Morgan fingerprint density at radius 1 is 0.484 bits per heavy atom. The van der Waals surface area contributed by atoms with Crippen LogP contribution < -0.4 is 4.90 Å². The average molecular weight is 836 g/mol. The highest BCUT2D eigenvalue weighted by molar-refractivity contribution is 8.00. The van der Waals surface area contributed by atoms with Crippen molar-refractivity contribution >= 4 is 88.7 Å². The molecule has 0 N–H and O–H groups in total. The zero-order valence-electron chi connectivity index (χ0n) is 35.2. The molecule has 0 saturated heterocycles. The molecule has 1 aromatic heterocycles. The summed E-state index contributed by atoms with van der Waals surface area (Å²) in [5.41, 5.74) is 13.6. The standard InChI is InChI=1S/C61H41NOS/c1-61-34-33-44(37-58(61)64-57-32-26-43-18-9-11-20-49(43)60(57)61)40-23-27-46(28-24-40)62(47-29-30-51-56(38-47)63-55-31-25-42-17-8-10-19-48(42)59(51)55)54-22-12-21-50-52(41-15-6-3-7-16-41)35-45(36-53(50)54)39-13-4-2-5-14-39/h2-38,58H,1H3. The van der Waals surface area contributed by atoms with E-state index in [2.05, 4.69) is 236 Å². The first-order valence-electron chi connectivity index (χ1n) is 22.1. The topological polar surface area (TPSA) is 16.4 Å². The molecule has 3 heteroatoms. The molecule has 2 aliphatic rings. The van der Waals surface area contributed by atoms with Crippen LogP contribution in [0.5, 0.6) is 0 Å². The molecule has 302 valence electrons. The number of hydrogen-bond acceptors (Lipinski definition) is 3. The Hall–Kier alpha value is -7.59. The van der Waals surface area contributed by atoms with Gasteiger partial charge in [0, 0.05) is 49.2 Å². The second-order valence-electron chi connectivity index (χ2n) is 17.4. The van der Waals surface area contributed by atoms with Crippen molar-refractivity contribution in [2.45, 2.75) is 22.5 Å². The second-order valence-corrected chi connectivity index (χ2v) is 18.6. The maximum absolute atomic E-state index is 6.71. The van der Waals surface area contributed by atoms with Crippen molar-refractivity contribution in [3.63, 3.8) is 0 Å². The van der Waals surface area contributed by atoms with Gasteiger partial charge in [0.25, 0.3) is 0 Å². The normalized spacial score (nSPS) is 16.7. The minimum Gasteiger partial charge on any atom is -0.456 e. The van der Waals surface area contributed by atoms with Crippen LogP contribution in [-0.4, -0.2) is 5.25 Å². The molecule has 2 unspecified atom stereocenters. The molecule has 0 amide bonds. The van der Waals surface area contributed by atoms with Gasteiger partial charge in [-0.15, -0.1) is 11.8 Å². The Morgan fingerprint density at radius 3 is 1.98 bits per heavy atom. The SMILES string of the molecule is CC12C=CC(c3ccc(N(c4ccc5c(c4)oc4ccc6ccccc6c45)c4cccc5c(-c6ccccc6)cc(-c6ccccc6)cc45)cc3)=CC1Sc1ccc3ccccc3c12. The lowest BCUT2D eigenvalue weighted by molar-refractivity contribution is 0.627. The molecule has 0 spiro atoms. The summed E-state index contributed by atoms with van der Waals surface area (Å²) in [6.45, 7) is 2.41. The van der Waals surface area contributed by atoms with Gasteiger partial charge in [-0.05, 0) is 120 Å². The Labute approximate surface area is 376 Å². The Morgan fingerprint density at radius 2 is 1.17 bits per heavy atom. The number of allylic oxidation sites excluding steroid dienone is 3. The molecule has 64 heavy (non-hydrogen) atoms. The van der Waals surface area contributed by atoms with Crippen molar-refractivity contribution in [2.75, 3.05) is 4.90 Å². The minimum absolute atomic E-state index is 0.0751. The largest absolute Gasteiger partial charge is 0.456 e. The first-order chi connectivity index (χ1) is 31.6. The number of fused-ring (bicyclic) bond motifs is 11. The number of hydrogen-bond donors (Lipinski definition) is 0. The van der Waals surface area contributed by atoms with Crippen molar-refractivity contribution < 1.29 is 4.42 Å². The molecule has 1 aliphatic heterocycles. The van der Waals surface area contributed by atoms with E-state index in [4.69, 9.17) is 4.42 Å². The summed E-state index contributed by atoms with van der Waals surface area (Å²) < 4.78 is 6.71. The van der Waals surface area contributed by atoms with Gasteiger partial charge in [-0.25, -0.2) is 0 Å². The zero-order valence-corrected chi connectivity index (χ0v) is 36.0. The van der Waals surface area contributed by atoms with Crippen LogP contribution in [0, 0.1) is 0 Å². The highest BCUT2D eigenvalue weighted by Crippen LogP contribution is 2.56. The highest BCUT2D eigenvalue weighted by atomic mass is 32.2. The molecule has 0 bridgehead atoms. The molecule has 0 saturated carbocycles. The molecule has 0 fully saturated rings. The molecule has 2 atom stereocenters. The van der Waals surface area contributed by atoms with Crippen LogP contribution in [0.3, 0.4) is 0 Å². The Bertz CT molecular complexity index is 3710. The van der Waals surface area contributed by atoms with Gasteiger partial charge in [0.2, 0.25) is 0 Å². The van der Waals surface area contributed by atoms with Crippen LogP contribution in [0.1, 0.15) is 18.1 Å². The van der Waals surface area contributed by atoms with E-state index >= 15 is 0 Å². The van der Waals surface area contributed by atoms with E-state index < -0.39 is 0 Å². The third-order valence-corrected chi connectivity index (χ3v) is 15.2. The number of anilines is 3. The van der Waals surface area contributed by atoms with Crippen LogP contribution in [0.15, 0.2) is 234 Å². The minimum atomic E-state index is -0.0751. The van der Waals surface area contributed by atoms with Gasteiger partial charge in [0.05, 0.1) is 5.69 Å². The first-order valence-corrected chi connectivity index (χ1v) is 23.0. The van der Waals surface area contributed by atoms with Gasteiger partial charge >= 0.3 is 0 Å². The number of rotatable bonds is 6. The quantitative estimate of drug-likeness (QED) is 0.166. The summed E-state index contributed by atoms with van der Waals surface area (Å²) in [5, 5.41) is 10.0. The van der Waals surface area contributed by atoms with Crippen LogP contribution in [0.4, 0.5) is 17.1 Å². The van der Waals surface area contributed by atoms with E-state index in [1.54, 1.807) is 0 Å². The maximum Gasteiger partial charge on any atom is 0.137 e. The smallest absolute Gasteiger partial charge is 0.137 e. The summed E-state index contributed by atoms with van der Waals surface area (Å²) in [6, 6.07) is 75.1. The lowest BCUT2D eigenvalue weighted by Crippen LogP contribution is -2.29. The third-order valence-electron chi connectivity index (χ3n) is 13.7. The molecule has 10 aromatic carbocycles. The van der Waals surface area contributed by atoms with E-state index in [1.165, 1.54) is 76.2 Å². The van der Waals surface area contributed by atoms with E-state index in [-0.39, 0.29) is 5.41 Å². The monoisotopic (exact) mass is 835 g/mol. The summed E-state index contributed by atoms with van der Waals surface area (Å²) in [4.78, 5) is 3.80. The third kappa shape index (κ3) is 5.81. The van der Waals surface area contributed by atoms with Gasteiger partial charge in [0.1, 0.15) is 11.2 Å². The van der Waals surface area contributed by atoms with Crippen LogP contribution in [0.2, 0.25) is 0 Å². The summed E-state index contributed by atoms with van der Waals surface area (Å²) in [6.07, 6.45) is 7.29. The van der Waals surface area contributed by atoms with Crippen LogP contribution in [-0.2, 0) is 5.41 Å². The zero-order chi connectivity index (χ0) is 42.4. The predicted molar refractivity (Wildman–Crippen MR) is 272 cm³/mol. The van der Waals surface area contributed by atoms with E-state index in [0.29, 0.717) is 5.25 Å². The fourth-order valence-corrected chi connectivity index (χ4v) is 12.0. The van der Waals surface area contributed by atoms with Crippen molar-refractivity contribution in [1.82, 2.24) is 0 Å². The van der Waals surface area contributed by atoms with E-state index in [1.807, 2.05) is 11.8 Å². The van der Waals surface area contributed by atoms with Gasteiger partial charge in [0.15, 0.2) is 0 Å². The average Bonchev–Trinajstić information content (AvgIpc) is 3.89. The fourth-order valence-electron chi connectivity index (χ4n) is 10.5. The van der Waals surface area contributed by atoms with Crippen molar-refractivity contribution in [2.24, 2.45) is 0 Å². The van der Waals surface area contributed by atoms with Crippen molar-refractivity contribution in [1.29, 1.82) is 0 Å². The lowest BCUT2D eigenvalue weighted by atomic mass is 9.74. The van der Waals surface area contributed by atoms with Gasteiger partial charge in [-0.2, -0.15) is 0 Å². The Balaban J connectivity index is 0.973. The Kier molecular flexibility index (Phi) is 8.38. The molecule has 1 aliphatic carbocycles. The number of thioether (sulfide) groups is 1. The molecule has 2 heterocycles. The predicted octanol–water partition coefficient (Wildman–Crippen LogP) is 17.2. The van der Waals surface area contributed by atoms with Gasteiger partial charge in [-0.1, -0.05) is 171 Å². The number of benzene rings is 10. The van der Waals surface area contributed by atoms with Crippen molar-refractivity contribution in [3.05, 3.63) is 236 Å². The maximum atomic E-state index is 6.71.